The van der Waals surface area contributed by atoms with E-state index in [0.717, 1.165) is 0 Å². The van der Waals surface area contributed by atoms with Crippen molar-refractivity contribution >= 4 is 0 Å². The van der Waals surface area contributed by atoms with Gasteiger partial charge in [0.05, 0.1) is 12.4 Å². The lowest BCUT2D eigenvalue weighted by atomic mass is 10.1. The Kier molecular flexibility index (Phi) is 3.02. The zero-order chi connectivity index (χ0) is 11.4. The van der Waals surface area contributed by atoms with Crippen LogP contribution in [0.3, 0.4) is 0 Å². The first-order valence-electron chi connectivity index (χ1n) is 5.22. The van der Waals surface area contributed by atoms with Crippen molar-refractivity contribution in [2.24, 2.45) is 0 Å². The van der Waals surface area contributed by atoms with Crippen molar-refractivity contribution in [3.8, 4) is 6.07 Å². The van der Waals surface area contributed by atoms with E-state index in [-0.39, 0.29) is 6.04 Å². The minimum atomic E-state index is -0.176. The Hall–Kier alpha value is -2.08. The second-order valence-electron chi connectivity index (χ2n) is 3.84. The predicted octanol–water partition coefficient (Wildman–Crippen LogP) is 2.50. The normalized spacial score (nSPS) is 12.0. The van der Waals surface area contributed by atoms with Gasteiger partial charge >= 0.3 is 0 Å². The molecule has 1 atom stereocenters. The molecule has 0 fully saturated rings. The summed E-state index contributed by atoms with van der Waals surface area (Å²) in [5, 5.41) is 9.12. The molecule has 0 saturated heterocycles. The highest BCUT2D eigenvalue weighted by Crippen LogP contribution is 2.13. The van der Waals surface area contributed by atoms with Gasteiger partial charge in [0, 0.05) is 18.8 Å². The quantitative estimate of drug-likeness (QED) is 0.782. The molecule has 0 bridgehead atoms. The molecule has 0 aliphatic rings. The van der Waals surface area contributed by atoms with Crippen LogP contribution in [-0.2, 0) is 6.42 Å². The van der Waals surface area contributed by atoms with Gasteiger partial charge in [-0.05, 0) is 12.5 Å². The van der Waals surface area contributed by atoms with Crippen LogP contribution in [0.2, 0.25) is 0 Å². The molecule has 16 heavy (non-hydrogen) atoms. The largest absolute Gasteiger partial charge is 0.321 e. The van der Waals surface area contributed by atoms with E-state index in [1.54, 1.807) is 12.5 Å². The number of aryl methyl sites for hydroxylation is 1. The van der Waals surface area contributed by atoms with Crippen molar-refractivity contribution in [1.82, 2.24) is 9.55 Å². The Morgan fingerprint density at radius 3 is 2.69 bits per heavy atom. The SMILES string of the molecule is Cc1ccc(CC(C#N)n2ccnc2)cc1. The van der Waals surface area contributed by atoms with Gasteiger partial charge in [-0.3, -0.25) is 0 Å². The highest BCUT2D eigenvalue weighted by Gasteiger charge is 2.09. The van der Waals surface area contributed by atoms with Crippen LogP contribution in [0.5, 0.6) is 0 Å². The first-order chi connectivity index (χ1) is 7.79. The van der Waals surface area contributed by atoms with Crippen LogP contribution in [0.15, 0.2) is 43.0 Å². The van der Waals surface area contributed by atoms with Crippen LogP contribution in [-0.4, -0.2) is 9.55 Å². The fourth-order valence-electron chi connectivity index (χ4n) is 1.62. The standard InChI is InChI=1S/C13H13N3/c1-11-2-4-12(5-3-11)8-13(9-14)16-7-6-15-10-16/h2-7,10,13H,8H2,1H3. The van der Waals surface area contributed by atoms with E-state index in [1.807, 2.05) is 10.8 Å². The summed E-state index contributed by atoms with van der Waals surface area (Å²) in [6, 6.07) is 10.4. The third-order valence-electron chi connectivity index (χ3n) is 2.58. The number of rotatable bonds is 3. The van der Waals surface area contributed by atoms with Crippen LogP contribution >= 0.6 is 0 Å². The molecule has 3 heteroatoms. The molecule has 0 saturated carbocycles. The molecule has 1 aromatic heterocycles. The lowest BCUT2D eigenvalue weighted by Crippen LogP contribution is -2.07. The van der Waals surface area contributed by atoms with E-state index >= 15 is 0 Å². The Labute approximate surface area is 95.0 Å². The Morgan fingerprint density at radius 1 is 1.38 bits per heavy atom. The molecule has 3 nitrogen and oxygen atoms in total. The van der Waals surface area contributed by atoms with Crippen molar-refractivity contribution in [2.45, 2.75) is 19.4 Å². The van der Waals surface area contributed by atoms with E-state index < -0.39 is 0 Å². The van der Waals surface area contributed by atoms with Gasteiger partial charge < -0.3 is 4.57 Å². The molecule has 0 radical (unpaired) electrons. The van der Waals surface area contributed by atoms with Crippen molar-refractivity contribution in [3.05, 3.63) is 54.1 Å². The van der Waals surface area contributed by atoms with E-state index in [9.17, 15) is 0 Å². The zero-order valence-electron chi connectivity index (χ0n) is 9.17. The third-order valence-corrected chi connectivity index (χ3v) is 2.58. The van der Waals surface area contributed by atoms with Crippen LogP contribution in [0.25, 0.3) is 0 Å². The smallest absolute Gasteiger partial charge is 0.125 e. The maximum Gasteiger partial charge on any atom is 0.125 e. The number of imidazole rings is 1. The summed E-state index contributed by atoms with van der Waals surface area (Å²) in [5.74, 6) is 0. The third kappa shape index (κ3) is 2.29. The second kappa shape index (κ2) is 4.63. The minimum absolute atomic E-state index is 0.176. The van der Waals surface area contributed by atoms with E-state index in [4.69, 9.17) is 5.26 Å². The average molecular weight is 211 g/mol. The minimum Gasteiger partial charge on any atom is -0.321 e. The van der Waals surface area contributed by atoms with Gasteiger partial charge in [-0.2, -0.15) is 5.26 Å². The number of nitriles is 1. The summed E-state index contributed by atoms with van der Waals surface area (Å²) in [7, 11) is 0. The van der Waals surface area contributed by atoms with Gasteiger partial charge in [0.2, 0.25) is 0 Å². The van der Waals surface area contributed by atoms with Gasteiger partial charge in [0.15, 0.2) is 0 Å². The van der Waals surface area contributed by atoms with Crippen molar-refractivity contribution in [2.75, 3.05) is 0 Å². The first-order valence-corrected chi connectivity index (χ1v) is 5.22. The molecule has 0 amide bonds. The summed E-state index contributed by atoms with van der Waals surface area (Å²) >= 11 is 0. The van der Waals surface area contributed by atoms with E-state index in [0.29, 0.717) is 6.42 Å². The van der Waals surface area contributed by atoms with Gasteiger partial charge in [0.25, 0.3) is 0 Å². The lowest BCUT2D eigenvalue weighted by molar-refractivity contribution is 0.612. The molecule has 80 valence electrons. The van der Waals surface area contributed by atoms with Gasteiger partial charge in [-0.15, -0.1) is 0 Å². The Morgan fingerprint density at radius 2 is 2.12 bits per heavy atom. The summed E-state index contributed by atoms with van der Waals surface area (Å²) in [5.41, 5.74) is 2.41. The Balaban J connectivity index is 2.14. The Bertz CT molecular complexity index is 477. The second-order valence-corrected chi connectivity index (χ2v) is 3.84. The fraction of sp³-hybridized carbons (Fsp3) is 0.231. The monoisotopic (exact) mass is 211 g/mol. The topological polar surface area (TPSA) is 41.6 Å². The van der Waals surface area contributed by atoms with Gasteiger partial charge in [-0.25, -0.2) is 4.98 Å². The molecular weight excluding hydrogens is 198 g/mol. The number of nitrogens with zero attached hydrogens (tertiary/aromatic N) is 3. The predicted molar refractivity (Wildman–Crippen MR) is 61.8 cm³/mol. The number of aromatic nitrogens is 2. The molecule has 2 aromatic rings. The molecule has 1 unspecified atom stereocenters. The summed E-state index contributed by atoms with van der Waals surface area (Å²) in [4.78, 5) is 3.96. The fourth-order valence-corrected chi connectivity index (χ4v) is 1.62. The number of hydrogen-bond donors (Lipinski definition) is 0. The highest BCUT2D eigenvalue weighted by atomic mass is 15.0. The summed E-state index contributed by atoms with van der Waals surface area (Å²) < 4.78 is 1.83. The lowest BCUT2D eigenvalue weighted by Gasteiger charge is -2.10. The van der Waals surface area contributed by atoms with Crippen molar-refractivity contribution in [1.29, 1.82) is 5.26 Å². The van der Waals surface area contributed by atoms with Crippen LogP contribution in [0.4, 0.5) is 0 Å². The molecule has 1 heterocycles. The average Bonchev–Trinajstić information content (AvgIpc) is 2.82. The van der Waals surface area contributed by atoms with Crippen LogP contribution in [0, 0.1) is 18.3 Å². The van der Waals surface area contributed by atoms with Crippen molar-refractivity contribution < 1.29 is 0 Å². The molecule has 0 aliphatic heterocycles. The molecule has 0 spiro atoms. The summed E-state index contributed by atoms with van der Waals surface area (Å²) in [6.45, 7) is 2.06. The van der Waals surface area contributed by atoms with E-state index in [2.05, 4.69) is 42.2 Å². The molecule has 2 rings (SSSR count). The van der Waals surface area contributed by atoms with Crippen LogP contribution in [0.1, 0.15) is 17.2 Å². The molecule has 1 aromatic carbocycles. The van der Waals surface area contributed by atoms with E-state index in [1.165, 1.54) is 11.1 Å². The highest BCUT2D eigenvalue weighted by molar-refractivity contribution is 5.22. The number of hydrogen-bond acceptors (Lipinski definition) is 2. The van der Waals surface area contributed by atoms with Gasteiger partial charge in [-0.1, -0.05) is 29.8 Å². The maximum absolute atomic E-state index is 9.12. The van der Waals surface area contributed by atoms with Crippen molar-refractivity contribution in [3.63, 3.8) is 0 Å². The summed E-state index contributed by atoms with van der Waals surface area (Å²) in [6.07, 6.45) is 5.91. The maximum atomic E-state index is 9.12. The zero-order valence-corrected chi connectivity index (χ0v) is 9.17. The first kappa shape index (κ1) is 10.4. The molecule has 0 N–H and O–H groups in total. The molecular formula is C13H13N3. The van der Waals surface area contributed by atoms with Crippen LogP contribution < -0.4 is 0 Å². The molecule has 0 aliphatic carbocycles. The number of benzene rings is 1. The van der Waals surface area contributed by atoms with Gasteiger partial charge in [0.1, 0.15) is 6.04 Å².